The molecule has 12 heavy (non-hydrogen) atoms. The maximum absolute atomic E-state index is 5.36. The average molecular weight is 173 g/mol. The van der Waals surface area contributed by atoms with E-state index in [9.17, 15) is 0 Å². The first kappa shape index (κ1) is 9.51. The second kappa shape index (κ2) is 5.13. The molecular weight excluding hydrogens is 158 g/mol. The molecule has 70 valence electrons. The third kappa shape index (κ3) is 2.48. The minimum absolute atomic E-state index is 0.0673. The number of hydrogen-bond acceptors (Lipinski definition) is 4. The molecular formula is C8H15NO3. The normalized spacial score (nSPS) is 28.8. The zero-order chi connectivity index (χ0) is 8.81. The van der Waals surface area contributed by atoms with E-state index in [2.05, 4.69) is 11.9 Å². The van der Waals surface area contributed by atoms with Crippen molar-refractivity contribution in [3.8, 4) is 0 Å². The van der Waals surface area contributed by atoms with Crippen LogP contribution in [0.1, 0.15) is 0 Å². The van der Waals surface area contributed by atoms with Crippen molar-refractivity contribution < 1.29 is 14.2 Å². The zero-order valence-electron chi connectivity index (χ0n) is 7.29. The van der Waals surface area contributed by atoms with E-state index in [4.69, 9.17) is 14.2 Å². The molecule has 1 rings (SSSR count). The van der Waals surface area contributed by atoms with Crippen molar-refractivity contribution in [2.24, 2.45) is 0 Å². The fourth-order valence-corrected chi connectivity index (χ4v) is 1.21. The summed E-state index contributed by atoms with van der Waals surface area (Å²) in [5, 5.41) is 3.16. The zero-order valence-corrected chi connectivity index (χ0v) is 7.29. The van der Waals surface area contributed by atoms with Crippen LogP contribution in [0.15, 0.2) is 12.8 Å². The molecule has 2 atom stereocenters. The molecule has 0 aromatic carbocycles. The average Bonchev–Trinajstić information content (AvgIpc) is 2.50. The first-order chi connectivity index (χ1) is 5.88. The summed E-state index contributed by atoms with van der Waals surface area (Å²) in [5.74, 6) is 0. The minimum atomic E-state index is 0.0673. The van der Waals surface area contributed by atoms with Crippen molar-refractivity contribution >= 4 is 0 Å². The Morgan fingerprint density at radius 1 is 1.50 bits per heavy atom. The molecule has 0 amide bonds. The monoisotopic (exact) mass is 173 g/mol. The summed E-state index contributed by atoms with van der Waals surface area (Å²) in [5.41, 5.74) is 0. The lowest BCUT2D eigenvalue weighted by Gasteiger charge is -2.17. The highest BCUT2D eigenvalue weighted by molar-refractivity contribution is 4.84. The van der Waals surface area contributed by atoms with E-state index in [-0.39, 0.29) is 12.2 Å². The van der Waals surface area contributed by atoms with E-state index in [1.807, 2.05) is 0 Å². The van der Waals surface area contributed by atoms with Crippen LogP contribution in [0.2, 0.25) is 0 Å². The van der Waals surface area contributed by atoms with E-state index in [1.54, 1.807) is 7.11 Å². The summed E-state index contributed by atoms with van der Waals surface area (Å²) in [6, 6.07) is 0. The molecule has 0 saturated carbocycles. The SMILES string of the molecule is C=CO[C@@H]1CNC[C@H]1OCOC. The van der Waals surface area contributed by atoms with Gasteiger partial charge in [-0.05, 0) is 0 Å². The van der Waals surface area contributed by atoms with Crippen molar-refractivity contribution in [1.29, 1.82) is 0 Å². The first-order valence-corrected chi connectivity index (χ1v) is 3.96. The van der Waals surface area contributed by atoms with Crippen LogP contribution in [-0.2, 0) is 14.2 Å². The second-order valence-electron chi connectivity index (χ2n) is 2.61. The lowest BCUT2D eigenvalue weighted by molar-refractivity contribution is -0.0967. The Morgan fingerprint density at radius 2 is 2.25 bits per heavy atom. The molecule has 0 aromatic rings. The second-order valence-corrected chi connectivity index (χ2v) is 2.61. The largest absolute Gasteiger partial charge is 0.495 e. The van der Waals surface area contributed by atoms with Crippen LogP contribution >= 0.6 is 0 Å². The van der Waals surface area contributed by atoms with Crippen LogP contribution < -0.4 is 5.32 Å². The van der Waals surface area contributed by atoms with Gasteiger partial charge in [-0.1, -0.05) is 6.58 Å². The maximum Gasteiger partial charge on any atom is 0.146 e. The predicted molar refractivity (Wildman–Crippen MR) is 44.7 cm³/mol. The Morgan fingerprint density at radius 3 is 2.92 bits per heavy atom. The Bertz CT molecular complexity index is 140. The highest BCUT2D eigenvalue weighted by atomic mass is 16.7. The first-order valence-electron chi connectivity index (χ1n) is 3.96. The molecule has 1 aliphatic heterocycles. The number of nitrogens with one attached hydrogen (secondary N) is 1. The van der Waals surface area contributed by atoms with E-state index in [0.717, 1.165) is 13.1 Å². The molecule has 4 nitrogen and oxygen atoms in total. The van der Waals surface area contributed by atoms with Crippen LogP contribution in [0.4, 0.5) is 0 Å². The van der Waals surface area contributed by atoms with Gasteiger partial charge in [-0.3, -0.25) is 0 Å². The number of ether oxygens (including phenoxy) is 3. The van der Waals surface area contributed by atoms with E-state index >= 15 is 0 Å². The molecule has 0 aromatic heterocycles. The maximum atomic E-state index is 5.36. The minimum Gasteiger partial charge on any atom is -0.495 e. The van der Waals surface area contributed by atoms with E-state index < -0.39 is 0 Å². The van der Waals surface area contributed by atoms with Gasteiger partial charge in [0.25, 0.3) is 0 Å². The van der Waals surface area contributed by atoms with Gasteiger partial charge in [0.05, 0.1) is 6.26 Å². The fourth-order valence-electron chi connectivity index (χ4n) is 1.21. The molecule has 0 radical (unpaired) electrons. The van der Waals surface area contributed by atoms with Crippen LogP contribution in [0.3, 0.4) is 0 Å². The molecule has 1 fully saturated rings. The number of methoxy groups -OCH3 is 1. The van der Waals surface area contributed by atoms with Gasteiger partial charge in [0.15, 0.2) is 0 Å². The molecule has 1 aliphatic rings. The van der Waals surface area contributed by atoms with E-state index in [0.29, 0.717) is 6.79 Å². The summed E-state index contributed by atoms with van der Waals surface area (Å²) < 4.78 is 15.4. The quantitative estimate of drug-likeness (QED) is 0.473. The Balaban J connectivity index is 2.25. The van der Waals surface area contributed by atoms with Crippen molar-refractivity contribution in [2.45, 2.75) is 12.2 Å². The van der Waals surface area contributed by atoms with Crippen molar-refractivity contribution in [1.82, 2.24) is 5.32 Å². The van der Waals surface area contributed by atoms with Gasteiger partial charge in [0.2, 0.25) is 0 Å². The molecule has 0 aliphatic carbocycles. The van der Waals surface area contributed by atoms with Gasteiger partial charge in [0.1, 0.15) is 19.0 Å². The fraction of sp³-hybridized carbons (Fsp3) is 0.750. The summed E-state index contributed by atoms with van der Waals surface area (Å²) in [7, 11) is 1.60. The van der Waals surface area contributed by atoms with Crippen LogP contribution in [-0.4, -0.2) is 39.2 Å². The van der Waals surface area contributed by atoms with E-state index in [1.165, 1.54) is 6.26 Å². The summed E-state index contributed by atoms with van der Waals surface area (Å²) in [4.78, 5) is 0. The van der Waals surface area contributed by atoms with Crippen molar-refractivity contribution in [3.63, 3.8) is 0 Å². The van der Waals surface area contributed by atoms with Gasteiger partial charge in [-0.2, -0.15) is 0 Å². The lowest BCUT2D eigenvalue weighted by atomic mass is 10.2. The topological polar surface area (TPSA) is 39.7 Å². The van der Waals surface area contributed by atoms with Crippen LogP contribution in [0, 0.1) is 0 Å². The number of hydrogen-bond donors (Lipinski definition) is 1. The Labute approximate surface area is 72.5 Å². The highest BCUT2D eigenvalue weighted by Gasteiger charge is 2.28. The summed E-state index contributed by atoms with van der Waals surface area (Å²) >= 11 is 0. The van der Waals surface area contributed by atoms with Gasteiger partial charge in [0, 0.05) is 20.2 Å². The molecule has 1 saturated heterocycles. The Kier molecular flexibility index (Phi) is 4.07. The van der Waals surface area contributed by atoms with Gasteiger partial charge in [-0.25, -0.2) is 0 Å². The summed E-state index contributed by atoms with van der Waals surface area (Å²) in [6.45, 7) is 5.42. The molecule has 1 heterocycles. The smallest absolute Gasteiger partial charge is 0.146 e. The highest BCUT2D eigenvalue weighted by Crippen LogP contribution is 2.08. The van der Waals surface area contributed by atoms with Gasteiger partial charge >= 0.3 is 0 Å². The molecule has 1 N–H and O–H groups in total. The molecule has 0 unspecified atom stereocenters. The van der Waals surface area contributed by atoms with Crippen molar-refractivity contribution in [2.75, 3.05) is 27.0 Å². The molecule has 4 heteroatoms. The molecule has 0 spiro atoms. The lowest BCUT2D eigenvalue weighted by Crippen LogP contribution is -2.29. The third-order valence-electron chi connectivity index (χ3n) is 1.78. The standard InChI is InChI=1S/C8H15NO3/c1-3-11-7-4-9-5-8(7)12-6-10-2/h3,7-9H,1,4-6H2,2H3/t7-,8-/m1/s1. The predicted octanol–water partition coefficient (Wildman–Crippen LogP) is 0.107. The Hall–Kier alpha value is -0.580. The van der Waals surface area contributed by atoms with Gasteiger partial charge < -0.3 is 19.5 Å². The van der Waals surface area contributed by atoms with Gasteiger partial charge in [-0.15, -0.1) is 0 Å². The van der Waals surface area contributed by atoms with Crippen LogP contribution in [0.5, 0.6) is 0 Å². The summed E-state index contributed by atoms with van der Waals surface area (Å²) in [6.07, 6.45) is 1.58. The van der Waals surface area contributed by atoms with Crippen molar-refractivity contribution in [3.05, 3.63) is 12.8 Å². The van der Waals surface area contributed by atoms with Crippen LogP contribution in [0.25, 0.3) is 0 Å². The third-order valence-corrected chi connectivity index (χ3v) is 1.78. The molecule has 0 bridgehead atoms. The number of rotatable bonds is 5.